The summed E-state index contributed by atoms with van der Waals surface area (Å²) in [5.41, 5.74) is -4.64. The number of carbonyl (C=O) groups excluding carboxylic acids is 7. The number of aliphatic carboxylic acids is 1. The number of carboxylic acids is 1. The third kappa shape index (κ3) is 23.9. The van der Waals surface area contributed by atoms with E-state index >= 15 is 0 Å². The van der Waals surface area contributed by atoms with Crippen LogP contribution in [-0.4, -0.2) is 201 Å². The number of alkyl halides is 4. The van der Waals surface area contributed by atoms with Gasteiger partial charge in [0.1, 0.15) is 83.4 Å². The molecule has 0 bridgehead atoms. The smallest absolute Gasteiger partial charge is 0.408 e. The molecule has 2 saturated carbocycles. The summed E-state index contributed by atoms with van der Waals surface area (Å²) in [4.78, 5) is 120. The molecule has 0 spiro atoms. The lowest BCUT2D eigenvalue weighted by Gasteiger charge is -2.30. The fourth-order valence-corrected chi connectivity index (χ4v) is 14.6. The van der Waals surface area contributed by atoms with E-state index in [9.17, 15) is 77.9 Å². The first-order chi connectivity index (χ1) is 50.3. The Hall–Kier alpha value is -8.68. The molecule has 37 heteroatoms. The molecule has 6 fully saturated rings. The molecule has 107 heavy (non-hydrogen) atoms. The molecule has 6 heterocycles. The molecule has 0 radical (unpaired) electrons. The van der Waals surface area contributed by atoms with Crippen LogP contribution in [0.5, 0.6) is 23.3 Å². The highest BCUT2D eigenvalue weighted by Gasteiger charge is 2.63. The summed E-state index contributed by atoms with van der Waals surface area (Å²) < 4.78 is 136. The lowest BCUT2D eigenvalue weighted by Crippen LogP contribution is -2.58. The fourth-order valence-electron chi connectivity index (χ4n) is 13.6. The predicted octanol–water partition coefficient (Wildman–Crippen LogP) is 7.41. The maximum atomic E-state index is 14.4. The molecule has 592 valence electrons. The highest BCUT2D eigenvalue weighted by molar-refractivity contribution is 7.85. The van der Waals surface area contributed by atoms with Crippen LogP contribution < -0.4 is 50.1 Å². The Labute approximate surface area is 617 Å². The molecule has 6 aliphatic rings. The number of ether oxygens (including phenoxy) is 6. The average Bonchev–Trinajstić information content (AvgIpc) is 1.58. The molecule has 4 aliphatic heterocycles. The Kier molecular flexibility index (Phi) is 28.3. The van der Waals surface area contributed by atoms with E-state index in [-0.39, 0.29) is 50.6 Å². The Morgan fingerprint density at radius 1 is 0.598 bits per heavy atom. The number of nitrogens with one attached hydrogen (secondary N) is 5. The standard InChI is InChI=1S/C35H47F2N5O10S.C33H44N4O8.C2H5F2NO3S/c1-34(2,3)52-33(46)39-26-11-9-7-5-6-8-10-22-18-35(22,32(45)41-53(47,48)50-20-28(36)37)40-29(43)27-17-24(19-42(27)31(26)44)51-30-25-13-12-23(49-4)16-21(25)14-15-38-30;1-32(2,3)45-31(42)35-25-11-9-7-5-6-8-10-21-18-33(21,30(40)41)36-27(38)26-17-23(19-37(26)29(25)39)44-28-24-13-12-22(43-4)16-20(24)14-15-34-28;3-2(4)1-8-9(5,6)7/h12-16,22,24,26-28H,5-11,17-20H2,1-4H3,(H,39,46)(H,40,43)(H,41,45);12-16,21,23,25-26H,5-11,17-19H2,1-4H3,(H,35,42)(H,36,38)(H,40,41);2H,1H2,(H2,5,6,7)/t22-,24-,26+,27+,35-;21-,23-,25+,26+,33-;/m11./s1. The second-order valence-electron chi connectivity index (χ2n) is 29.2. The zero-order chi connectivity index (χ0) is 78.4. The minimum Gasteiger partial charge on any atom is -0.497 e. The number of nitrogens with zero attached hydrogens (tertiary/aromatic N) is 4. The third-order valence-electron chi connectivity index (χ3n) is 18.8. The van der Waals surface area contributed by atoms with Crippen molar-refractivity contribution in [2.75, 3.05) is 40.5 Å². The lowest BCUT2D eigenvalue weighted by atomic mass is 10.0. The number of carboxylic acid groups (broad SMARTS) is 1. The molecule has 31 nitrogen and oxygen atoms in total. The van der Waals surface area contributed by atoms with Gasteiger partial charge in [-0.15, -0.1) is 0 Å². The molecule has 8 N–H and O–H groups in total. The molecular formula is C70H96F4N10O21S2. The fraction of sp³-hybridized carbons (Fsp3) is 0.629. The van der Waals surface area contributed by atoms with E-state index in [1.807, 2.05) is 24.3 Å². The number of benzene rings is 2. The van der Waals surface area contributed by atoms with Crippen LogP contribution in [0, 0.1) is 11.8 Å². The van der Waals surface area contributed by atoms with Crippen molar-refractivity contribution in [1.82, 2.24) is 45.8 Å². The number of hydrogen-bond acceptors (Lipinski definition) is 22. The molecule has 10 rings (SSSR count). The highest BCUT2D eigenvalue weighted by Crippen LogP contribution is 2.49. The molecule has 10 atom stereocenters. The Bertz CT molecular complexity index is 4080. The van der Waals surface area contributed by atoms with Crippen LogP contribution in [0.1, 0.15) is 157 Å². The highest BCUT2D eigenvalue weighted by atomic mass is 32.2. The minimum atomic E-state index is -4.93. The number of rotatable bonds is 17. The van der Waals surface area contributed by atoms with Crippen LogP contribution in [0.4, 0.5) is 27.2 Å². The van der Waals surface area contributed by atoms with E-state index < -0.39 is 159 Å². The van der Waals surface area contributed by atoms with Crippen molar-refractivity contribution in [3.05, 3.63) is 60.9 Å². The lowest BCUT2D eigenvalue weighted by molar-refractivity contribution is -0.146. The molecule has 7 amide bonds. The van der Waals surface area contributed by atoms with Gasteiger partial charge in [-0.1, -0.05) is 64.2 Å². The maximum Gasteiger partial charge on any atom is 0.408 e. The molecule has 2 aliphatic carbocycles. The molecule has 4 saturated heterocycles. The minimum absolute atomic E-state index is 0.0386. The van der Waals surface area contributed by atoms with Crippen LogP contribution in [0.3, 0.4) is 0 Å². The van der Waals surface area contributed by atoms with E-state index in [0.29, 0.717) is 67.7 Å². The quantitative estimate of drug-likeness (QED) is 0.0506. The number of nitrogens with two attached hydrogens (primary N) is 1. The van der Waals surface area contributed by atoms with Crippen molar-refractivity contribution >= 4 is 89.8 Å². The molecular weight excluding hydrogens is 1460 g/mol. The largest absolute Gasteiger partial charge is 0.497 e. The summed E-state index contributed by atoms with van der Waals surface area (Å²) in [6.45, 7) is 7.64. The number of alkyl carbamates (subject to hydrolysis) is 2. The van der Waals surface area contributed by atoms with Gasteiger partial charge in [-0.2, -0.15) is 16.8 Å². The summed E-state index contributed by atoms with van der Waals surface area (Å²) in [5, 5.41) is 28.3. The molecule has 2 aromatic carbocycles. The van der Waals surface area contributed by atoms with Gasteiger partial charge in [-0.25, -0.2) is 56.0 Å². The number of carbonyl (C=O) groups is 8. The zero-order valence-corrected chi connectivity index (χ0v) is 62.5. The molecule has 2 aromatic heterocycles. The van der Waals surface area contributed by atoms with Gasteiger partial charge in [0.25, 0.3) is 18.8 Å². The van der Waals surface area contributed by atoms with Crippen LogP contribution in [0.15, 0.2) is 60.9 Å². The van der Waals surface area contributed by atoms with E-state index in [1.165, 1.54) is 9.80 Å². The van der Waals surface area contributed by atoms with Gasteiger partial charge in [0.05, 0.1) is 27.3 Å². The first-order valence-corrected chi connectivity index (χ1v) is 38.3. The summed E-state index contributed by atoms with van der Waals surface area (Å²) in [5.74, 6) is -3.19. The number of pyridine rings is 2. The van der Waals surface area contributed by atoms with E-state index in [2.05, 4.69) is 44.7 Å². The summed E-state index contributed by atoms with van der Waals surface area (Å²) in [6, 6.07) is 10.3. The monoisotopic (exact) mass is 1550 g/mol. The van der Waals surface area contributed by atoms with Crippen molar-refractivity contribution in [1.29, 1.82) is 0 Å². The second kappa shape index (κ2) is 36.0. The van der Waals surface area contributed by atoms with Crippen LogP contribution in [-0.2, 0) is 67.2 Å². The first kappa shape index (κ1) is 84.0. The number of amides is 7. The zero-order valence-electron chi connectivity index (χ0n) is 60.9. The van der Waals surface area contributed by atoms with Crippen LogP contribution >= 0.6 is 0 Å². The van der Waals surface area contributed by atoms with E-state index in [4.69, 9.17) is 28.4 Å². The van der Waals surface area contributed by atoms with Gasteiger partial charge in [0.2, 0.25) is 35.4 Å². The molecule has 4 aromatic rings. The average molecular weight is 1550 g/mol. The topological polar surface area (TPSA) is 417 Å². The Balaban J connectivity index is 0.000000244. The van der Waals surface area contributed by atoms with Gasteiger partial charge in [0, 0.05) is 36.0 Å². The second-order valence-corrected chi connectivity index (χ2v) is 31.8. The summed E-state index contributed by atoms with van der Waals surface area (Å²) >= 11 is 0. The number of methoxy groups -OCH3 is 2. The van der Waals surface area contributed by atoms with Gasteiger partial charge in [-0.05, 0) is 151 Å². The third-order valence-corrected chi connectivity index (χ3v) is 20.2. The van der Waals surface area contributed by atoms with Gasteiger partial charge < -0.3 is 64.6 Å². The van der Waals surface area contributed by atoms with Gasteiger partial charge in [-0.3, -0.25) is 28.2 Å². The maximum absolute atomic E-state index is 14.4. The van der Waals surface area contributed by atoms with Crippen LogP contribution in [0.25, 0.3) is 21.5 Å². The van der Waals surface area contributed by atoms with E-state index in [1.54, 1.807) is 97.1 Å². The van der Waals surface area contributed by atoms with E-state index in [0.717, 1.165) is 61.1 Å². The van der Waals surface area contributed by atoms with Crippen molar-refractivity contribution in [2.45, 2.75) is 229 Å². The number of fused-ring (bicyclic) bond motifs is 6. The Morgan fingerprint density at radius 3 is 1.38 bits per heavy atom. The number of hydrogen-bond donors (Lipinski definition) is 7. The number of halogens is 4. The van der Waals surface area contributed by atoms with Crippen molar-refractivity contribution < 1.29 is 115 Å². The van der Waals surface area contributed by atoms with Crippen molar-refractivity contribution in [2.24, 2.45) is 17.0 Å². The van der Waals surface area contributed by atoms with Crippen molar-refractivity contribution in [3.8, 4) is 23.3 Å². The summed E-state index contributed by atoms with van der Waals surface area (Å²) in [7, 11) is -5.99. The molecule has 0 unspecified atom stereocenters. The summed E-state index contributed by atoms with van der Waals surface area (Å²) in [6.07, 6.45) is 4.56. The normalized spacial score (nSPS) is 25.4. The first-order valence-electron chi connectivity index (χ1n) is 35.4. The Morgan fingerprint density at radius 2 is 0.991 bits per heavy atom. The van der Waals surface area contributed by atoms with Gasteiger partial charge >= 0.3 is 38.8 Å². The number of aromatic nitrogens is 2. The van der Waals surface area contributed by atoms with Crippen LogP contribution in [0.2, 0.25) is 0 Å². The SMILES string of the molecule is COc1ccc2c(O[C@@H]3C[C@H]4C(=O)N[C@]5(C(=O)NS(=O)(=O)OCC(F)F)C[C@H]5CCCCCCC[C@H](NC(=O)OC(C)(C)C)C(=O)N4C3)nccc2c1.COc1ccc2c(O[C@@H]3C[C@H]4C(=O)N[C@]5(C(=O)O)C[C@H]5CCCCCCC[C@H](NC(=O)OC(C)(C)C)C(=O)N4C3)nccc2c1.NS(=O)(=O)OCC(F)F. The predicted molar refractivity (Wildman–Crippen MR) is 376 cm³/mol. The van der Waals surface area contributed by atoms with Gasteiger partial charge in [0.15, 0.2) is 0 Å². The van der Waals surface area contributed by atoms with Crippen molar-refractivity contribution in [3.63, 3.8) is 0 Å².